The molecule has 15 nitrogen and oxygen atoms in total. The molecule has 332 valence electrons. The molecule has 0 bridgehead atoms. The summed E-state index contributed by atoms with van der Waals surface area (Å²) < 4.78 is 37.4. The minimum atomic E-state index is -1.62. The lowest BCUT2D eigenvalue weighted by atomic mass is 9.41. The Bertz CT molecular complexity index is 1570. The van der Waals surface area contributed by atoms with Gasteiger partial charge in [-0.15, -0.1) is 0 Å². The van der Waals surface area contributed by atoms with Gasteiger partial charge < -0.3 is 69.3 Å². The zero-order valence-corrected chi connectivity index (χ0v) is 35.5. The number of carbonyl (C=O) groups excluding carboxylic acids is 1. The molecule has 0 aromatic rings. The van der Waals surface area contributed by atoms with Gasteiger partial charge in [0.1, 0.15) is 36.6 Å². The second kappa shape index (κ2) is 14.2. The molecule has 0 aromatic heterocycles. The molecule has 5 saturated carbocycles. The Kier molecular flexibility index (Phi) is 10.7. The van der Waals surface area contributed by atoms with Crippen LogP contribution in [0.1, 0.15) is 113 Å². The summed E-state index contributed by atoms with van der Waals surface area (Å²) in [6.07, 6.45) is -7.63. The lowest BCUT2D eigenvalue weighted by Crippen LogP contribution is -2.65. The Morgan fingerprint density at radius 1 is 0.793 bits per heavy atom. The zero-order chi connectivity index (χ0) is 42.3. The van der Waals surface area contributed by atoms with E-state index in [0.29, 0.717) is 25.7 Å². The number of aliphatic hydroxyl groups excluding tert-OH is 7. The third kappa shape index (κ3) is 6.17. The molecule has 8 rings (SSSR count). The lowest BCUT2D eigenvalue weighted by molar-refractivity contribution is -0.339. The minimum Gasteiger partial charge on any atom is -0.457 e. The standard InChI is InChI=1S/C43H70O15/c1-20(45)54-32-22(47)18-53-35(31(32)51)57-26-10-12-43-19-42(43)14-13-39(6)33(41(8)11-9-27(58-41)38(4,5)52)21(46)16-40(39,7)25(42)15-23(34(43)37(26,2)3)55-36-30(50)29(49)28(48)24(17-44)56-36/h21-36,44,46-52H,9-19H2,1-8H3/t21-,22+,23-,24+,25-,26-,27-,28+,29-,30+,31+,32-,33-,34-,35-,36+,39+,40-,41+,42-,43+/m1/s1. The van der Waals surface area contributed by atoms with Crippen molar-refractivity contribution < 1.29 is 74.1 Å². The first-order valence-corrected chi connectivity index (χ1v) is 21.8. The van der Waals surface area contributed by atoms with E-state index in [-0.39, 0.29) is 52.1 Å². The van der Waals surface area contributed by atoms with E-state index in [1.165, 1.54) is 6.92 Å². The average Bonchev–Trinajstić information content (AvgIpc) is 3.49. The summed E-state index contributed by atoms with van der Waals surface area (Å²) in [6.45, 7) is 15.0. The van der Waals surface area contributed by atoms with Crippen LogP contribution in [0.3, 0.4) is 0 Å². The van der Waals surface area contributed by atoms with Gasteiger partial charge in [0, 0.05) is 12.8 Å². The summed E-state index contributed by atoms with van der Waals surface area (Å²) in [7, 11) is 0. The second-order valence-corrected chi connectivity index (χ2v) is 21.6. The summed E-state index contributed by atoms with van der Waals surface area (Å²) in [5.41, 5.74) is -3.30. The van der Waals surface area contributed by atoms with E-state index in [1.54, 1.807) is 13.8 Å². The first kappa shape index (κ1) is 43.6. The summed E-state index contributed by atoms with van der Waals surface area (Å²) in [5.74, 6) is -0.920. The van der Waals surface area contributed by atoms with Crippen LogP contribution in [0.5, 0.6) is 0 Å². The molecule has 8 N–H and O–H groups in total. The molecule has 8 fully saturated rings. The van der Waals surface area contributed by atoms with Crippen molar-refractivity contribution in [3.05, 3.63) is 0 Å². The Morgan fingerprint density at radius 3 is 2.14 bits per heavy atom. The van der Waals surface area contributed by atoms with Crippen molar-refractivity contribution in [1.82, 2.24) is 0 Å². The fraction of sp³-hybridized carbons (Fsp3) is 0.977. The fourth-order valence-corrected chi connectivity index (χ4v) is 15.2. The predicted octanol–water partition coefficient (Wildman–Crippen LogP) is 1.29. The molecule has 8 aliphatic rings. The monoisotopic (exact) mass is 826 g/mol. The Morgan fingerprint density at radius 2 is 1.50 bits per heavy atom. The highest BCUT2D eigenvalue weighted by molar-refractivity contribution is 5.66. The molecule has 0 amide bonds. The van der Waals surface area contributed by atoms with Gasteiger partial charge >= 0.3 is 5.97 Å². The summed E-state index contributed by atoms with van der Waals surface area (Å²) in [4.78, 5) is 11.9. The van der Waals surface area contributed by atoms with E-state index in [9.17, 15) is 45.6 Å². The summed E-state index contributed by atoms with van der Waals surface area (Å²) in [5, 5.41) is 87.8. The molecule has 0 radical (unpaired) electrons. The lowest BCUT2D eigenvalue weighted by Gasteiger charge is -2.65. The fourth-order valence-electron chi connectivity index (χ4n) is 15.2. The van der Waals surface area contributed by atoms with Gasteiger partial charge in [-0.25, -0.2) is 0 Å². The van der Waals surface area contributed by atoms with Crippen molar-refractivity contribution in [3.63, 3.8) is 0 Å². The predicted molar refractivity (Wildman–Crippen MR) is 203 cm³/mol. The maximum atomic E-state index is 12.2. The van der Waals surface area contributed by atoms with E-state index >= 15 is 0 Å². The third-order valence-corrected chi connectivity index (χ3v) is 17.9. The molecular weight excluding hydrogens is 756 g/mol. The molecule has 15 heteroatoms. The summed E-state index contributed by atoms with van der Waals surface area (Å²) >= 11 is 0. The number of fused-ring (bicyclic) bond motifs is 2. The van der Waals surface area contributed by atoms with Gasteiger partial charge in [0.25, 0.3) is 0 Å². The highest BCUT2D eigenvalue weighted by Gasteiger charge is 2.85. The molecule has 5 aliphatic carbocycles. The van der Waals surface area contributed by atoms with Crippen molar-refractivity contribution in [2.75, 3.05) is 13.2 Å². The van der Waals surface area contributed by atoms with Gasteiger partial charge in [0.15, 0.2) is 18.7 Å². The first-order valence-electron chi connectivity index (χ1n) is 21.8. The smallest absolute Gasteiger partial charge is 0.303 e. The highest BCUT2D eigenvalue weighted by Crippen LogP contribution is 2.89. The van der Waals surface area contributed by atoms with Crippen LogP contribution in [0.4, 0.5) is 0 Å². The maximum absolute atomic E-state index is 12.2. The second-order valence-electron chi connectivity index (χ2n) is 21.6. The molecule has 58 heavy (non-hydrogen) atoms. The number of rotatable bonds is 8. The van der Waals surface area contributed by atoms with Crippen LogP contribution < -0.4 is 0 Å². The summed E-state index contributed by atoms with van der Waals surface area (Å²) in [6, 6.07) is 0. The number of aliphatic hydroxyl groups is 8. The Balaban J connectivity index is 1.14. The van der Waals surface area contributed by atoms with Gasteiger partial charge in [-0.05, 0) is 117 Å². The third-order valence-electron chi connectivity index (χ3n) is 17.9. The average molecular weight is 827 g/mol. The maximum Gasteiger partial charge on any atom is 0.303 e. The molecule has 0 aromatic carbocycles. The van der Waals surface area contributed by atoms with Crippen LogP contribution in [0, 0.1) is 44.8 Å². The molecular formula is C43H70O15. The van der Waals surface area contributed by atoms with E-state index in [1.807, 2.05) is 0 Å². The normalized spacial score (nSPS) is 56.1. The molecule has 0 unspecified atom stereocenters. The topological polar surface area (TPSA) is 234 Å². The van der Waals surface area contributed by atoms with Crippen molar-refractivity contribution >= 4 is 5.97 Å². The number of hydrogen-bond acceptors (Lipinski definition) is 15. The zero-order valence-electron chi connectivity index (χ0n) is 35.5. The van der Waals surface area contributed by atoms with Crippen LogP contribution in [-0.2, 0) is 33.2 Å². The van der Waals surface area contributed by atoms with Crippen LogP contribution >= 0.6 is 0 Å². The van der Waals surface area contributed by atoms with Crippen LogP contribution in [0.15, 0.2) is 0 Å². The number of carbonyl (C=O) groups is 1. The minimum absolute atomic E-state index is 0.0855. The van der Waals surface area contributed by atoms with Gasteiger partial charge in [0.05, 0.1) is 48.8 Å². The number of esters is 1. The largest absolute Gasteiger partial charge is 0.457 e. The van der Waals surface area contributed by atoms with E-state index in [0.717, 1.165) is 32.1 Å². The molecule has 3 aliphatic heterocycles. The van der Waals surface area contributed by atoms with E-state index in [4.69, 9.17) is 28.4 Å². The van der Waals surface area contributed by atoms with Gasteiger partial charge in [-0.2, -0.15) is 0 Å². The van der Waals surface area contributed by atoms with Crippen molar-refractivity contribution in [1.29, 1.82) is 0 Å². The van der Waals surface area contributed by atoms with Crippen LogP contribution in [0.2, 0.25) is 0 Å². The quantitative estimate of drug-likeness (QED) is 0.127. The van der Waals surface area contributed by atoms with Crippen LogP contribution in [0.25, 0.3) is 0 Å². The Labute approximate surface area is 341 Å². The van der Waals surface area contributed by atoms with Gasteiger partial charge in [-0.3, -0.25) is 4.79 Å². The molecule has 2 spiro atoms. The highest BCUT2D eigenvalue weighted by atomic mass is 16.7. The molecule has 3 saturated heterocycles. The number of hydrogen-bond donors (Lipinski definition) is 8. The molecule has 3 heterocycles. The van der Waals surface area contributed by atoms with Gasteiger partial charge in [-0.1, -0.05) is 27.7 Å². The van der Waals surface area contributed by atoms with E-state index < -0.39 is 103 Å². The van der Waals surface area contributed by atoms with Crippen molar-refractivity contribution in [2.24, 2.45) is 44.8 Å². The molecule has 21 atom stereocenters. The van der Waals surface area contributed by atoms with E-state index in [2.05, 4.69) is 34.6 Å². The number of ether oxygens (including phenoxy) is 6. The first-order chi connectivity index (χ1) is 26.9. The Hall–Kier alpha value is -1.05. The van der Waals surface area contributed by atoms with Crippen LogP contribution in [-0.4, -0.2) is 151 Å². The SMILES string of the molecule is CC(=O)O[C@H]1[C@H](O)[C@@H](O[C@@H]2CC[C@@]34C[C@@]35CC[C@@]3(C)[C@H]([C@]6(C)CC[C@H](C(C)(C)O)O6)[C@H](O)C[C@]3(C)[C@H]5C[C@@H](O[C@H]3O[C@@H](CO)[C@H](O)[C@@H](O)[C@@H]3O)[C@@H]4C2(C)C)OC[C@@H]1O. The van der Waals surface area contributed by atoms with Gasteiger partial charge in [0.2, 0.25) is 0 Å². The van der Waals surface area contributed by atoms with Crippen molar-refractivity contribution in [3.8, 4) is 0 Å². The van der Waals surface area contributed by atoms with Crippen molar-refractivity contribution in [2.45, 2.75) is 204 Å².